The molecule has 0 aliphatic carbocycles. The summed E-state index contributed by atoms with van der Waals surface area (Å²) >= 11 is 1.44. The highest BCUT2D eigenvalue weighted by molar-refractivity contribution is 7.90. The minimum Gasteiger partial charge on any atom is -0.475 e. The number of carbonyl (C=O) groups is 2. The second kappa shape index (κ2) is 12.7. The molecule has 40 heavy (non-hydrogen) atoms. The van der Waals surface area contributed by atoms with Crippen molar-refractivity contribution in [3.8, 4) is 0 Å². The average molecular weight is 610 g/mol. The monoisotopic (exact) mass is 609 g/mol. The zero-order valence-corrected chi connectivity index (χ0v) is 23.7. The molecule has 16 heteroatoms. The van der Waals surface area contributed by atoms with Gasteiger partial charge < -0.3 is 20.2 Å². The Kier molecular flexibility index (Phi) is 9.98. The Balaban J connectivity index is 0.000000559. The third-order valence-electron chi connectivity index (χ3n) is 6.40. The Labute approximate surface area is 233 Å². The molecule has 4 rings (SSSR count). The molecule has 1 aromatic carbocycles. The summed E-state index contributed by atoms with van der Waals surface area (Å²) in [4.78, 5) is 30.6. The van der Waals surface area contributed by atoms with E-state index in [1.807, 2.05) is 4.90 Å². The van der Waals surface area contributed by atoms with Crippen LogP contribution >= 0.6 is 11.5 Å². The van der Waals surface area contributed by atoms with Gasteiger partial charge in [0.05, 0.1) is 10.6 Å². The van der Waals surface area contributed by atoms with Crippen LogP contribution in [0.1, 0.15) is 38.9 Å². The number of nitrogens with zero attached hydrogens (tertiary/aromatic N) is 4. The maximum atomic E-state index is 14.4. The predicted octanol–water partition coefficient (Wildman–Crippen LogP) is 3.59. The van der Waals surface area contributed by atoms with Gasteiger partial charge >= 0.3 is 12.1 Å². The van der Waals surface area contributed by atoms with Crippen LogP contribution < -0.4 is 10.2 Å². The van der Waals surface area contributed by atoms with E-state index in [-0.39, 0.29) is 22.5 Å². The van der Waals surface area contributed by atoms with Crippen LogP contribution in [0, 0.1) is 11.7 Å². The number of carboxylic acid groups (broad SMARTS) is 1. The zero-order valence-electron chi connectivity index (χ0n) is 22.1. The molecule has 2 fully saturated rings. The molecule has 2 aliphatic heterocycles. The standard InChI is InChI=1S/C22H30FN5O3S2.C2HF3O2/c1-14(2)12-20-25-22(32-26-20)27-9-6-15(7-10-27)28-11-8-19(21(28)29)24-18-5-4-16(13-17(18)23)33(3,30)31;3-2(4,5)1(6)7/h4-5,13-15,19,24H,6-12H2,1-3H3;(H,6,7)/t19-;/m0./s1. The fourth-order valence-corrected chi connectivity index (χ4v) is 5.80. The second-order valence-corrected chi connectivity index (χ2v) is 12.8. The van der Waals surface area contributed by atoms with Crippen LogP contribution in [0.25, 0.3) is 0 Å². The molecule has 1 aromatic heterocycles. The number of sulfone groups is 1. The molecule has 0 saturated carbocycles. The van der Waals surface area contributed by atoms with Gasteiger partial charge in [-0.05, 0) is 43.4 Å². The fourth-order valence-electron chi connectivity index (χ4n) is 4.42. The summed E-state index contributed by atoms with van der Waals surface area (Å²) in [5, 5.41) is 11.0. The van der Waals surface area contributed by atoms with Gasteiger partial charge in [0.1, 0.15) is 17.7 Å². The lowest BCUT2D eigenvalue weighted by Crippen LogP contribution is -2.47. The molecule has 0 unspecified atom stereocenters. The summed E-state index contributed by atoms with van der Waals surface area (Å²) in [6, 6.07) is 3.37. The van der Waals surface area contributed by atoms with Gasteiger partial charge in [0.2, 0.25) is 11.0 Å². The quantitative estimate of drug-likeness (QED) is 0.452. The van der Waals surface area contributed by atoms with Crippen LogP contribution in [0.5, 0.6) is 0 Å². The number of hydrogen-bond acceptors (Lipinski definition) is 9. The Morgan fingerprint density at radius 3 is 2.35 bits per heavy atom. The van der Waals surface area contributed by atoms with E-state index < -0.39 is 33.8 Å². The number of carbonyl (C=O) groups excluding carboxylic acids is 1. The first kappa shape index (κ1) is 31.5. The van der Waals surface area contributed by atoms with Crippen LogP contribution in [-0.4, -0.2) is 83.8 Å². The smallest absolute Gasteiger partial charge is 0.475 e. The van der Waals surface area contributed by atoms with Crippen molar-refractivity contribution in [2.24, 2.45) is 5.92 Å². The highest BCUT2D eigenvalue weighted by atomic mass is 32.2. The fraction of sp³-hybridized carbons (Fsp3) is 0.583. The summed E-state index contributed by atoms with van der Waals surface area (Å²) in [5.74, 6) is -2.05. The number of amides is 1. The first-order valence-corrected chi connectivity index (χ1v) is 15.2. The maximum Gasteiger partial charge on any atom is 0.490 e. The average Bonchev–Trinajstić information content (AvgIpc) is 3.46. The molecular weight excluding hydrogens is 578 g/mol. The number of hydrogen-bond donors (Lipinski definition) is 2. The summed E-state index contributed by atoms with van der Waals surface area (Å²) in [5.41, 5.74) is 0.144. The summed E-state index contributed by atoms with van der Waals surface area (Å²) in [7, 11) is -3.49. The van der Waals surface area contributed by atoms with Crippen molar-refractivity contribution in [1.82, 2.24) is 14.3 Å². The molecule has 1 atom stereocenters. The van der Waals surface area contributed by atoms with E-state index in [2.05, 4.69) is 33.4 Å². The van der Waals surface area contributed by atoms with E-state index >= 15 is 0 Å². The molecule has 2 aromatic rings. The second-order valence-electron chi connectivity index (χ2n) is 10.0. The molecule has 10 nitrogen and oxygen atoms in total. The first-order chi connectivity index (χ1) is 18.6. The van der Waals surface area contributed by atoms with Crippen LogP contribution in [0.2, 0.25) is 0 Å². The Hall–Kier alpha value is -3.01. The van der Waals surface area contributed by atoms with E-state index in [4.69, 9.17) is 9.90 Å². The van der Waals surface area contributed by atoms with Crippen LogP contribution in [0.4, 0.5) is 28.4 Å². The number of likely N-dealkylation sites (tertiary alicyclic amines) is 1. The lowest BCUT2D eigenvalue weighted by atomic mass is 10.0. The predicted molar refractivity (Wildman–Crippen MR) is 141 cm³/mol. The summed E-state index contributed by atoms with van der Waals surface area (Å²) in [6.45, 7) is 6.58. The van der Waals surface area contributed by atoms with E-state index in [0.29, 0.717) is 18.9 Å². The highest BCUT2D eigenvalue weighted by Gasteiger charge is 2.39. The number of benzene rings is 1. The minimum atomic E-state index is -5.08. The van der Waals surface area contributed by atoms with Gasteiger partial charge in [-0.2, -0.15) is 17.5 Å². The molecule has 1 amide bonds. The van der Waals surface area contributed by atoms with E-state index in [1.54, 1.807) is 0 Å². The maximum absolute atomic E-state index is 14.4. The Morgan fingerprint density at radius 2 is 1.82 bits per heavy atom. The number of halogens is 4. The lowest BCUT2D eigenvalue weighted by Gasteiger charge is -2.36. The van der Waals surface area contributed by atoms with E-state index in [1.165, 1.54) is 23.7 Å². The summed E-state index contributed by atoms with van der Waals surface area (Å²) < 4.78 is 73.8. The van der Waals surface area contributed by atoms with E-state index in [0.717, 1.165) is 55.6 Å². The number of rotatable bonds is 7. The van der Waals surface area contributed by atoms with Crippen molar-refractivity contribution < 1.29 is 40.7 Å². The Morgan fingerprint density at radius 1 is 1.20 bits per heavy atom. The number of alkyl halides is 3. The molecule has 2 saturated heterocycles. The van der Waals surface area contributed by atoms with Gasteiger partial charge in [0, 0.05) is 49.9 Å². The zero-order chi connectivity index (χ0) is 29.8. The summed E-state index contributed by atoms with van der Waals surface area (Å²) in [6.07, 6.45) is -0.874. The topological polar surface area (TPSA) is 133 Å². The molecule has 2 aliphatic rings. The molecule has 0 spiro atoms. The molecule has 3 heterocycles. The van der Waals surface area contributed by atoms with E-state index in [9.17, 15) is 30.8 Å². The van der Waals surface area contributed by atoms with Gasteiger partial charge in [-0.15, -0.1) is 0 Å². The molecule has 0 bridgehead atoms. The van der Waals surface area contributed by atoms with Crippen molar-refractivity contribution in [2.75, 3.05) is 36.1 Å². The highest BCUT2D eigenvalue weighted by Crippen LogP contribution is 2.29. The molecule has 222 valence electrons. The largest absolute Gasteiger partial charge is 0.490 e. The van der Waals surface area contributed by atoms with Crippen LogP contribution in [-0.2, 0) is 25.8 Å². The first-order valence-electron chi connectivity index (χ1n) is 12.5. The van der Waals surface area contributed by atoms with Gasteiger partial charge in [0.25, 0.3) is 0 Å². The number of carboxylic acids is 1. The molecule has 0 radical (unpaired) electrons. The van der Waals surface area contributed by atoms with Crippen molar-refractivity contribution >= 4 is 44.1 Å². The van der Waals surface area contributed by atoms with Gasteiger partial charge in [-0.3, -0.25) is 4.79 Å². The van der Waals surface area contributed by atoms with Gasteiger partial charge in [0.15, 0.2) is 9.84 Å². The van der Waals surface area contributed by atoms with Crippen LogP contribution in [0.3, 0.4) is 0 Å². The third-order valence-corrected chi connectivity index (χ3v) is 8.33. The lowest BCUT2D eigenvalue weighted by molar-refractivity contribution is -0.192. The number of nitrogens with one attached hydrogen (secondary N) is 1. The van der Waals surface area contributed by atoms with Crippen molar-refractivity contribution in [3.63, 3.8) is 0 Å². The van der Waals surface area contributed by atoms with Crippen molar-refractivity contribution in [3.05, 3.63) is 29.8 Å². The SMILES string of the molecule is CC(C)Cc1nsc(N2CCC(N3CC[C@H](Nc4ccc(S(C)(=O)=O)cc4F)C3=O)CC2)n1.O=C(O)C(F)(F)F. The molecular formula is C24H31F4N5O5S2. The number of anilines is 2. The minimum absolute atomic E-state index is 0.0322. The molecule has 2 N–H and O–H groups in total. The number of aromatic nitrogens is 2. The Bertz CT molecular complexity index is 1310. The number of aliphatic carboxylic acids is 1. The van der Waals surface area contributed by atoms with Gasteiger partial charge in [-0.1, -0.05) is 13.8 Å². The van der Waals surface area contributed by atoms with Crippen molar-refractivity contribution in [2.45, 2.75) is 62.7 Å². The van der Waals surface area contributed by atoms with Gasteiger partial charge in [-0.25, -0.2) is 22.6 Å². The van der Waals surface area contributed by atoms with Crippen molar-refractivity contribution in [1.29, 1.82) is 0 Å². The third kappa shape index (κ3) is 8.25. The number of piperidine rings is 1. The normalized spacial score (nSPS) is 18.6. The van der Waals surface area contributed by atoms with Crippen LogP contribution in [0.15, 0.2) is 23.1 Å².